The van der Waals surface area contributed by atoms with Crippen molar-refractivity contribution in [3.63, 3.8) is 0 Å². The van der Waals surface area contributed by atoms with Gasteiger partial charge in [0.1, 0.15) is 0 Å². The zero-order valence-electron chi connectivity index (χ0n) is 11.6. The molecular formula is C15H22N2O3. The predicted octanol–water partition coefficient (Wildman–Crippen LogP) is 1.92. The van der Waals surface area contributed by atoms with Crippen molar-refractivity contribution in [1.29, 1.82) is 0 Å². The van der Waals surface area contributed by atoms with Gasteiger partial charge in [-0.1, -0.05) is 6.07 Å². The van der Waals surface area contributed by atoms with Crippen LogP contribution in [0.3, 0.4) is 0 Å². The molecule has 0 radical (unpaired) electrons. The van der Waals surface area contributed by atoms with E-state index in [0.717, 1.165) is 42.9 Å². The van der Waals surface area contributed by atoms with E-state index in [-0.39, 0.29) is 12.1 Å². The van der Waals surface area contributed by atoms with Crippen LogP contribution in [0.1, 0.15) is 37.3 Å². The fourth-order valence-corrected chi connectivity index (χ4v) is 2.82. The van der Waals surface area contributed by atoms with Crippen LogP contribution in [0, 0.1) is 0 Å². The molecule has 1 aromatic carbocycles. The Bertz CT molecular complexity index is 447. The molecule has 0 aliphatic carbocycles. The normalized spacial score (nSPS) is 23.9. The average molecular weight is 278 g/mol. The molecule has 1 saturated heterocycles. The molecule has 5 nitrogen and oxygen atoms in total. The van der Waals surface area contributed by atoms with Gasteiger partial charge in [-0.05, 0) is 37.0 Å². The molecule has 0 aromatic heterocycles. The number of rotatable bonds is 3. The summed E-state index contributed by atoms with van der Waals surface area (Å²) in [6.07, 6.45) is 4.39. The Kier molecular flexibility index (Phi) is 4.40. The van der Waals surface area contributed by atoms with Gasteiger partial charge in [0.25, 0.3) is 0 Å². The molecule has 1 fully saturated rings. The van der Waals surface area contributed by atoms with Crippen molar-refractivity contribution in [3.8, 4) is 11.5 Å². The SMILES string of the molecule is NNC(c1ccc2c(c1)OCCCO2)C1CCCCO1. The van der Waals surface area contributed by atoms with Gasteiger partial charge in [0.05, 0.1) is 25.4 Å². The molecule has 2 unspecified atom stereocenters. The highest BCUT2D eigenvalue weighted by Crippen LogP contribution is 2.34. The highest BCUT2D eigenvalue weighted by molar-refractivity contribution is 5.44. The molecule has 0 amide bonds. The van der Waals surface area contributed by atoms with Crippen molar-refractivity contribution < 1.29 is 14.2 Å². The highest BCUT2D eigenvalue weighted by Gasteiger charge is 2.26. The molecule has 2 atom stereocenters. The number of benzene rings is 1. The topological polar surface area (TPSA) is 65.7 Å². The first-order valence-corrected chi connectivity index (χ1v) is 7.36. The van der Waals surface area contributed by atoms with Crippen molar-refractivity contribution in [2.75, 3.05) is 19.8 Å². The molecule has 0 spiro atoms. The molecule has 0 bridgehead atoms. The number of hydrazine groups is 1. The van der Waals surface area contributed by atoms with Gasteiger partial charge in [-0.15, -0.1) is 0 Å². The third-order valence-electron chi connectivity index (χ3n) is 3.90. The number of nitrogens with two attached hydrogens (primary N) is 1. The van der Waals surface area contributed by atoms with Crippen LogP contribution in [0.4, 0.5) is 0 Å². The third kappa shape index (κ3) is 2.90. The third-order valence-corrected chi connectivity index (χ3v) is 3.90. The molecule has 20 heavy (non-hydrogen) atoms. The maximum Gasteiger partial charge on any atom is 0.161 e. The first-order chi connectivity index (χ1) is 9.88. The molecule has 2 aliphatic heterocycles. The van der Waals surface area contributed by atoms with Gasteiger partial charge in [-0.25, -0.2) is 0 Å². The molecular weight excluding hydrogens is 256 g/mol. The second-order valence-corrected chi connectivity index (χ2v) is 5.31. The number of ether oxygens (including phenoxy) is 3. The Morgan fingerprint density at radius 1 is 1.05 bits per heavy atom. The minimum Gasteiger partial charge on any atom is -0.490 e. The minimum absolute atomic E-state index is 0.00699. The van der Waals surface area contributed by atoms with Crippen molar-refractivity contribution in [2.24, 2.45) is 5.84 Å². The Balaban J connectivity index is 1.82. The summed E-state index contributed by atoms with van der Waals surface area (Å²) >= 11 is 0. The van der Waals surface area contributed by atoms with Crippen LogP contribution in [0.5, 0.6) is 11.5 Å². The summed E-state index contributed by atoms with van der Waals surface area (Å²) in [5.74, 6) is 7.35. The van der Waals surface area contributed by atoms with Crippen molar-refractivity contribution >= 4 is 0 Å². The van der Waals surface area contributed by atoms with Crippen molar-refractivity contribution in [1.82, 2.24) is 5.43 Å². The van der Waals surface area contributed by atoms with Crippen LogP contribution < -0.4 is 20.7 Å². The van der Waals surface area contributed by atoms with E-state index in [1.807, 2.05) is 18.2 Å². The fraction of sp³-hybridized carbons (Fsp3) is 0.600. The van der Waals surface area contributed by atoms with Gasteiger partial charge in [0.2, 0.25) is 0 Å². The lowest BCUT2D eigenvalue weighted by Crippen LogP contribution is -2.39. The number of nitrogens with one attached hydrogen (secondary N) is 1. The number of hydrogen-bond donors (Lipinski definition) is 2. The predicted molar refractivity (Wildman–Crippen MR) is 75.7 cm³/mol. The first-order valence-electron chi connectivity index (χ1n) is 7.36. The van der Waals surface area contributed by atoms with E-state index in [4.69, 9.17) is 20.1 Å². The summed E-state index contributed by atoms with van der Waals surface area (Å²) in [6.45, 7) is 2.21. The molecule has 3 N–H and O–H groups in total. The lowest BCUT2D eigenvalue weighted by atomic mass is 9.96. The van der Waals surface area contributed by atoms with Gasteiger partial charge < -0.3 is 14.2 Å². The van der Waals surface area contributed by atoms with E-state index in [1.54, 1.807) is 0 Å². The molecule has 0 saturated carbocycles. The average Bonchev–Trinajstić information content (AvgIpc) is 2.74. The van der Waals surface area contributed by atoms with Crippen LogP contribution in [-0.4, -0.2) is 25.9 Å². The zero-order chi connectivity index (χ0) is 13.8. The first kappa shape index (κ1) is 13.7. The summed E-state index contributed by atoms with van der Waals surface area (Å²) < 4.78 is 17.2. The van der Waals surface area contributed by atoms with Gasteiger partial charge in [0, 0.05) is 13.0 Å². The summed E-state index contributed by atoms with van der Waals surface area (Å²) in [7, 11) is 0. The summed E-state index contributed by atoms with van der Waals surface area (Å²) in [4.78, 5) is 0. The Morgan fingerprint density at radius 2 is 1.90 bits per heavy atom. The van der Waals surface area contributed by atoms with Crippen molar-refractivity contribution in [2.45, 2.75) is 37.8 Å². The maximum absolute atomic E-state index is 5.84. The Morgan fingerprint density at radius 3 is 2.65 bits per heavy atom. The number of hydrogen-bond acceptors (Lipinski definition) is 5. The van der Waals surface area contributed by atoms with Crippen LogP contribution in [0.2, 0.25) is 0 Å². The monoisotopic (exact) mass is 278 g/mol. The quantitative estimate of drug-likeness (QED) is 0.653. The molecule has 1 aromatic rings. The van der Waals surface area contributed by atoms with E-state index in [1.165, 1.54) is 6.42 Å². The summed E-state index contributed by atoms with van der Waals surface area (Å²) in [5.41, 5.74) is 3.98. The van der Waals surface area contributed by atoms with Crippen LogP contribution in [0.25, 0.3) is 0 Å². The second-order valence-electron chi connectivity index (χ2n) is 5.31. The van der Waals surface area contributed by atoms with Crippen LogP contribution >= 0.6 is 0 Å². The summed E-state index contributed by atoms with van der Waals surface area (Å²) in [6, 6.07) is 6.01. The molecule has 2 heterocycles. The standard InChI is InChI=1S/C15H22N2O3/c16-17-15(13-4-1-2-7-19-13)11-5-6-12-14(10-11)20-9-3-8-18-12/h5-6,10,13,15,17H,1-4,7-9,16H2. The van der Waals surface area contributed by atoms with Crippen LogP contribution in [-0.2, 0) is 4.74 Å². The Hall–Kier alpha value is -1.30. The van der Waals surface area contributed by atoms with Gasteiger partial charge in [0.15, 0.2) is 11.5 Å². The Labute approximate surface area is 119 Å². The maximum atomic E-state index is 5.84. The summed E-state index contributed by atoms with van der Waals surface area (Å²) in [5, 5.41) is 0. The molecule has 2 aliphatic rings. The minimum atomic E-state index is -0.00699. The highest BCUT2D eigenvalue weighted by atomic mass is 16.5. The lowest BCUT2D eigenvalue weighted by molar-refractivity contribution is -0.00826. The van der Waals surface area contributed by atoms with Crippen LogP contribution in [0.15, 0.2) is 18.2 Å². The number of fused-ring (bicyclic) bond motifs is 1. The van der Waals surface area contributed by atoms with E-state index in [0.29, 0.717) is 13.2 Å². The largest absolute Gasteiger partial charge is 0.490 e. The lowest BCUT2D eigenvalue weighted by Gasteiger charge is -2.30. The second kappa shape index (κ2) is 6.43. The van der Waals surface area contributed by atoms with E-state index in [2.05, 4.69) is 5.43 Å². The molecule has 5 heteroatoms. The van der Waals surface area contributed by atoms with Gasteiger partial charge in [-0.3, -0.25) is 11.3 Å². The molecule has 110 valence electrons. The van der Waals surface area contributed by atoms with Gasteiger partial charge in [-0.2, -0.15) is 0 Å². The molecule has 3 rings (SSSR count). The van der Waals surface area contributed by atoms with E-state index in [9.17, 15) is 0 Å². The zero-order valence-corrected chi connectivity index (χ0v) is 11.6. The smallest absolute Gasteiger partial charge is 0.161 e. The van der Waals surface area contributed by atoms with Gasteiger partial charge >= 0.3 is 0 Å². The van der Waals surface area contributed by atoms with Crippen molar-refractivity contribution in [3.05, 3.63) is 23.8 Å². The van der Waals surface area contributed by atoms with E-state index < -0.39 is 0 Å². The van der Waals surface area contributed by atoms with E-state index >= 15 is 0 Å². The fourth-order valence-electron chi connectivity index (χ4n) is 2.82.